The summed E-state index contributed by atoms with van der Waals surface area (Å²) >= 11 is 0. The van der Waals surface area contributed by atoms with Crippen LogP contribution in [0.25, 0.3) is 0 Å². The monoisotopic (exact) mass is 470 g/mol. The van der Waals surface area contributed by atoms with Gasteiger partial charge in [-0.2, -0.15) is 0 Å². The third-order valence-corrected chi connectivity index (χ3v) is 6.91. The van der Waals surface area contributed by atoms with Gasteiger partial charge in [-0.1, -0.05) is 68.7 Å². The molecule has 1 amide bonds. The van der Waals surface area contributed by atoms with Crippen LogP contribution in [0, 0.1) is 13.8 Å². The number of benzene rings is 2. The Labute approximate surface area is 210 Å². The molecule has 0 unspecified atom stereocenters. The van der Waals surface area contributed by atoms with E-state index in [4.69, 9.17) is 4.98 Å². The predicted molar refractivity (Wildman–Crippen MR) is 143 cm³/mol. The zero-order valence-electron chi connectivity index (χ0n) is 21.5. The summed E-state index contributed by atoms with van der Waals surface area (Å²) in [7, 11) is 0. The van der Waals surface area contributed by atoms with Gasteiger partial charge in [0.15, 0.2) is 0 Å². The number of carbonyl (C=O) groups excluding carboxylic acids is 1. The summed E-state index contributed by atoms with van der Waals surface area (Å²) in [5, 5.41) is 0. The Morgan fingerprint density at radius 1 is 0.829 bits per heavy atom. The molecule has 1 saturated heterocycles. The van der Waals surface area contributed by atoms with Crippen LogP contribution < -0.4 is 4.90 Å². The number of anilines is 1. The van der Waals surface area contributed by atoms with E-state index >= 15 is 0 Å². The fourth-order valence-corrected chi connectivity index (χ4v) is 4.86. The predicted octanol–water partition coefficient (Wildman–Crippen LogP) is 5.77. The molecule has 35 heavy (non-hydrogen) atoms. The molecule has 2 aromatic carbocycles. The van der Waals surface area contributed by atoms with Gasteiger partial charge in [-0.3, -0.25) is 4.79 Å². The van der Waals surface area contributed by atoms with Crippen LogP contribution in [0.4, 0.5) is 5.82 Å². The Hall–Kier alpha value is -3.21. The van der Waals surface area contributed by atoms with Crippen LogP contribution in [0.2, 0.25) is 0 Å². The number of unbranched alkanes of at least 4 members (excludes halogenated alkanes) is 3. The van der Waals surface area contributed by atoms with Gasteiger partial charge in [-0.05, 0) is 49.9 Å². The second kappa shape index (κ2) is 12.0. The second-order valence-corrected chi connectivity index (χ2v) is 9.61. The number of rotatable bonds is 9. The lowest BCUT2D eigenvalue weighted by Crippen LogP contribution is -2.49. The minimum atomic E-state index is 0.127. The van der Waals surface area contributed by atoms with Crippen molar-refractivity contribution in [2.45, 2.75) is 59.3 Å². The van der Waals surface area contributed by atoms with Crippen molar-refractivity contribution < 1.29 is 4.79 Å². The van der Waals surface area contributed by atoms with Gasteiger partial charge >= 0.3 is 0 Å². The summed E-state index contributed by atoms with van der Waals surface area (Å²) in [5.74, 6) is 1.93. The maximum atomic E-state index is 13.2. The molecule has 3 aromatic rings. The van der Waals surface area contributed by atoms with Gasteiger partial charge in [0.05, 0.1) is 0 Å². The van der Waals surface area contributed by atoms with Crippen LogP contribution in [-0.4, -0.2) is 47.0 Å². The van der Waals surface area contributed by atoms with E-state index in [9.17, 15) is 4.79 Å². The van der Waals surface area contributed by atoms with E-state index in [2.05, 4.69) is 60.1 Å². The zero-order chi connectivity index (χ0) is 24.6. The molecule has 0 bridgehead atoms. The molecular formula is C30H38N4O. The van der Waals surface area contributed by atoms with Crippen molar-refractivity contribution in [3.05, 3.63) is 88.4 Å². The number of amides is 1. The van der Waals surface area contributed by atoms with E-state index in [0.29, 0.717) is 13.1 Å². The van der Waals surface area contributed by atoms with Crippen LogP contribution in [0.3, 0.4) is 0 Å². The van der Waals surface area contributed by atoms with Gasteiger partial charge in [0.1, 0.15) is 11.6 Å². The summed E-state index contributed by atoms with van der Waals surface area (Å²) in [6, 6.07) is 18.7. The quantitative estimate of drug-likeness (QED) is 0.373. The van der Waals surface area contributed by atoms with Gasteiger partial charge < -0.3 is 9.80 Å². The van der Waals surface area contributed by atoms with Crippen molar-refractivity contribution >= 4 is 11.7 Å². The normalized spacial score (nSPS) is 13.8. The molecule has 0 N–H and O–H groups in total. The van der Waals surface area contributed by atoms with Crippen LogP contribution in [0.1, 0.15) is 71.2 Å². The summed E-state index contributed by atoms with van der Waals surface area (Å²) in [6.07, 6.45) is 6.95. The molecule has 4 rings (SSSR count). The van der Waals surface area contributed by atoms with Gasteiger partial charge in [0, 0.05) is 49.4 Å². The Morgan fingerprint density at radius 3 is 2.23 bits per heavy atom. The topological polar surface area (TPSA) is 49.3 Å². The summed E-state index contributed by atoms with van der Waals surface area (Å²) in [5.41, 5.74) is 5.57. The summed E-state index contributed by atoms with van der Waals surface area (Å²) < 4.78 is 0. The molecule has 0 radical (unpaired) electrons. The molecule has 0 spiro atoms. The Morgan fingerprint density at radius 2 is 1.54 bits per heavy atom. The third-order valence-electron chi connectivity index (χ3n) is 6.91. The highest BCUT2D eigenvalue weighted by atomic mass is 16.2. The zero-order valence-corrected chi connectivity index (χ0v) is 21.5. The number of carbonyl (C=O) groups is 1. The molecule has 1 aliphatic heterocycles. The number of hydrogen-bond donors (Lipinski definition) is 0. The SMILES string of the molecule is CCCCCCc1ccc(C(=O)N2CCN(c3nc(C)nc(C)c3Cc3ccccc3)CC2)cc1. The largest absolute Gasteiger partial charge is 0.353 e. The molecule has 0 saturated carbocycles. The molecule has 1 aromatic heterocycles. The van der Waals surface area contributed by atoms with E-state index in [0.717, 1.165) is 48.8 Å². The second-order valence-electron chi connectivity index (χ2n) is 9.61. The van der Waals surface area contributed by atoms with E-state index in [-0.39, 0.29) is 5.91 Å². The first kappa shape index (κ1) is 24.9. The minimum absolute atomic E-state index is 0.127. The van der Waals surface area contributed by atoms with E-state index in [1.807, 2.05) is 30.0 Å². The van der Waals surface area contributed by atoms with Crippen LogP contribution in [-0.2, 0) is 12.8 Å². The van der Waals surface area contributed by atoms with Crippen molar-refractivity contribution in [2.75, 3.05) is 31.1 Å². The van der Waals surface area contributed by atoms with Gasteiger partial charge in [0.25, 0.3) is 5.91 Å². The third kappa shape index (κ3) is 6.47. The maximum absolute atomic E-state index is 13.2. The molecule has 184 valence electrons. The van der Waals surface area contributed by atoms with E-state index in [1.54, 1.807) is 0 Å². The fraction of sp³-hybridized carbons (Fsp3) is 0.433. The first-order valence-corrected chi connectivity index (χ1v) is 13.1. The maximum Gasteiger partial charge on any atom is 0.253 e. The molecule has 5 heteroatoms. The molecule has 5 nitrogen and oxygen atoms in total. The van der Waals surface area contributed by atoms with Crippen LogP contribution in [0.15, 0.2) is 54.6 Å². The number of hydrogen-bond acceptors (Lipinski definition) is 4. The Balaban J connectivity index is 1.39. The highest BCUT2D eigenvalue weighted by Gasteiger charge is 2.25. The van der Waals surface area contributed by atoms with Crippen LogP contribution >= 0.6 is 0 Å². The average Bonchev–Trinajstić information content (AvgIpc) is 2.89. The molecule has 2 heterocycles. The summed E-state index contributed by atoms with van der Waals surface area (Å²) in [4.78, 5) is 26.9. The highest BCUT2D eigenvalue weighted by Crippen LogP contribution is 2.25. The lowest BCUT2D eigenvalue weighted by atomic mass is 10.0. The lowest BCUT2D eigenvalue weighted by Gasteiger charge is -2.36. The van der Waals surface area contributed by atoms with E-state index < -0.39 is 0 Å². The number of aromatic nitrogens is 2. The summed E-state index contributed by atoms with van der Waals surface area (Å²) in [6.45, 7) is 9.21. The average molecular weight is 471 g/mol. The fourth-order valence-electron chi connectivity index (χ4n) is 4.86. The molecular weight excluding hydrogens is 432 g/mol. The smallest absolute Gasteiger partial charge is 0.253 e. The van der Waals surface area contributed by atoms with Crippen molar-refractivity contribution in [2.24, 2.45) is 0 Å². The minimum Gasteiger partial charge on any atom is -0.353 e. The number of aryl methyl sites for hydroxylation is 3. The molecule has 0 aliphatic carbocycles. The van der Waals surface area contributed by atoms with Crippen molar-refractivity contribution in [3.8, 4) is 0 Å². The first-order valence-electron chi connectivity index (χ1n) is 13.1. The molecule has 1 fully saturated rings. The van der Waals surface area contributed by atoms with Crippen molar-refractivity contribution in [1.29, 1.82) is 0 Å². The molecule has 1 aliphatic rings. The van der Waals surface area contributed by atoms with E-state index in [1.165, 1.54) is 42.4 Å². The number of nitrogens with zero attached hydrogens (tertiary/aromatic N) is 4. The van der Waals surface area contributed by atoms with Crippen LogP contribution in [0.5, 0.6) is 0 Å². The van der Waals surface area contributed by atoms with Gasteiger partial charge in [-0.15, -0.1) is 0 Å². The number of piperazine rings is 1. The first-order chi connectivity index (χ1) is 17.0. The van der Waals surface area contributed by atoms with Gasteiger partial charge in [0.2, 0.25) is 0 Å². The molecule has 0 atom stereocenters. The standard InChI is InChI=1S/C30H38N4O/c1-4-5-6-8-11-25-14-16-27(17-15-25)30(35)34-20-18-33(19-21-34)29-28(23(2)31-24(3)32-29)22-26-12-9-7-10-13-26/h7,9-10,12-17H,4-6,8,11,18-22H2,1-3H3. The highest BCUT2D eigenvalue weighted by molar-refractivity contribution is 5.94. The lowest BCUT2D eigenvalue weighted by molar-refractivity contribution is 0.0746. The Kier molecular flexibility index (Phi) is 8.51. The van der Waals surface area contributed by atoms with Crippen molar-refractivity contribution in [1.82, 2.24) is 14.9 Å². The van der Waals surface area contributed by atoms with Gasteiger partial charge in [-0.25, -0.2) is 9.97 Å². The Bertz CT molecular complexity index is 1100. The van der Waals surface area contributed by atoms with Crippen molar-refractivity contribution in [3.63, 3.8) is 0 Å².